The summed E-state index contributed by atoms with van der Waals surface area (Å²) >= 11 is 0. The number of hydrogen-bond acceptors (Lipinski definition) is 15. The normalized spacial score (nSPS) is 14.3. The number of esters is 4. The van der Waals surface area contributed by atoms with Gasteiger partial charge in [-0.1, -0.05) is 236 Å². The van der Waals surface area contributed by atoms with Gasteiger partial charge >= 0.3 is 39.5 Å². The molecular formula is C75H136O17P2. The van der Waals surface area contributed by atoms with Crippen molar-refractivity contribution in [2.24, 2.45) is 0 Å². The number of allylic oxidation sites excluding steroid dienone is 10. The molecule has 5 atom stereocenters. The number of carbonyl (C=O) groups is 4. The highest BCUT2D eigenvalue weighted by atomic mass is 31.2. The number of unbranched alkanes of at least 4 members (excludes halogenated alkanes) is 35. The molecule has 0 saturated carbocycles. The summed E-state index contributed by atoms with van der Waals surface area (Å²) in [6.07, 6.45) is 65.0. The summed E-state index contributed by atoms with van der Waals surface area (Å²) < 4.78 is 68.4. The van der Waals surface area contributed by atoms with Crippen LogP contribution in [0.2, 0.25) is 0 Å². The standard InChI is InChI=1S/C75H136O17P2/c1-5-9-13-17-21-25-29-33-34-38-42-46-50-54-58-62-75(80)92-71(66-86-73(78)60-56-52-48-44-40-36-31-27-23-19-15-11-7-3)68-90-94(83,84)88-64-69(76)63-87-93(81,82)89-67-70(91-74(79)61-57-53-49-45-41-37-32-28-24-20-16-12-8-4)65-85-72(77)59-55-51-47-43-39-35-30-26-22-18-14-10-6-2/h21,25-28,30-34,69-71,76H,5-20,22-24,29,35-68H2,1-4H3,(H,81,82)(H,83,84)/b25-21-,30-26-,31-27-,32-28-,34-33-/t69-,70-,71-/m1/s1. The Labute approximate surface area is 571 Å². The van der Waals surface area contributed by atoms with Crippen LogP contribution in [0.4, 0.5) is 0 Å². The summed E-state index contributed by atoms with van der Waals surface area (Å²) in [6.45, 7) is 4.79. The van der Waals surface area contributed by atoms with Crippen LogP contribution in [0.3, 0.4) is 0 Å². The van der Waals surface area contributed by atoms with E-state index in [9.17, 15) is 43.2 Å². The minimum atomic E-state index is -4.97. The van der Waals surface area contributed by atoms with Crippen molar-refractivity contribution in [1.29, 1.82) is 0 Å². The largest absolute Gasteiger partial charge is 0.472 e. The second-order valence-corrected chi connectivity index (χ2v) is 28.1. The van der Waals surface area contributed by atoms with E-state index in [1.807, 2.05) is 0 Å². The number of hydrogen-bond donors (Lipinski definition) is 3. The molecule has 0 aliphatic carbocycles. The Kier molecular flexibility index (Phi) is 65.9. The molecule has 17 nitrogen and oxygen atoms in total. The molecule has 0 aromatic heterocycles. The topological polar surface area (TPSA) is 237 Å². The number of ether oxygens (including phenoxy) is 4. The first-order valence-corrected chi connectivity index (χ1v) is 40.5. The van der Waals surface area contributed by atoms with Gasteiger partial charge in [-0.05, 0) is 135 Å². The lowest BCUT2D eigenvalue weighted by atomic mass is 10.1. The maximum Gasteiger partial charge on any atom is 0.472 e. The number of carbonyl (C=O) groups excluding carboxylic acids is 4. The Bertz CT molecular complexity index is 2030. The molecular weight excluding hydrogens is 1230 g/mol. The lowest BCUT2D eigenvalue weighted by Gasteiger charge is -2.21. The molecule has 0 spiro atoms. The van der Waals surface area contributed by atoms with Gasteiger partial charge in [0.05, 0.1) is 26.4 Å². The highest BCUT2D eigenvalue weighted by molar-refractivity contribution is 7.47. The first kappa shape index (κ1) is 90.8. The fourth-order valence-corrected chi connectivity index (χ4v) is 11.7. The van der Waals surface area contributed by atoms with Crippen molar-refractivity contribution < 1.29 is 80.2 Å². The lowest BCUT2D eigenvalue weighted by molar-refractivity contribution is -0.161. The first-order valence-electron chi connectivity index (χ1n) is 37.5. The van der Waals surface area contributed by atoms with E-state index in [4.69, 9.17) is 37.0 Å². The number of phosphoric ester groups is 2. The highest BCUT2D eigenvalue weighted by Gasteiger charge is 2.30. The summed E-state index contributed by atoms with van der Waals surface area (Å²) in [6, 6.07) is 0. The van der Waals surface area contributed by atoms with Crippen molar-refractivity contribution in [2.75, 3.05) is 39.6 Å². The molecule has 0 amide bonds. The van der Waals surface area contributed by atoms with Crippen LogP contribution in [0.5, 0.6) is 0 Å². The van der Waals surface area contributed by atoms with Crippen molar-refractivity contribution >= 4 is 39.5 Å². The Hall–Kier alpha value is -3.24. The van der Waals surface area contributed by atoms with Crippen LogP contribution < -0.4 is 0 Å². The quantitative estimate of drug-likeness (QED) is 0.0169. The van der Waals surface area contributed by atoms with E-state index >= 15 is 0 Å². The third-order valence-electron chi connectivity index (χ3n) is 15.9. The van der Waals surface area contributed by atoms with E-state index in [0.717, 1.165) is 161 Å². The maximum absolute atomic E-state index is 13.0. The first-order chi connectivity index (χ1) is 45.7. The van der Waals surface area contributed by atoms with Gasteiger partial charge in [0.1, 0.15) is 19.3 Å². The molecule has 0 aromatic carbocycles. The third-order valence-corrected chi connectivity index (χ3v) is 17.8. The third kappa shape index (κ3) is 67.3. The number of rotatable bonds is 71. The summed E-state index contributed by atoms with van der Waals surface area (Å²) in [5.41, 5.74) is 0. The number of aliphatic hydroxyl groups excluding tert-OH is 1. The van der Waals surface area contributed by atoms with E-state index in [0.29, 0.717) is 25.7 Å². The summed E-state index contributed by atoms with van der Waals surface area (Å²) in [5, 5.41) is 10.6. The van der Waals surface area contributed by atoms with Gasteiger partial charge in [-0.25, -0.2) is 9.13 Å². The molecule has 548 valence electrons. The Balaban J connectivity index is 5.34. The van der Waals surface area contributed by atoms with Crippen LogP contribution in [0.25, 0.3) is 0 Å². The zero-order valence-electron chi connectivity index (χ0n) is 59.6. The molecule has 0 bridgehead atoms. The van der Waals surface area contributed by atoms with Gasteiger partial charge in [0.25, 0.3) is 0 Å². The van der Waals surface area contributed by atoms with Crippen molar-refractivity contribution in [1.82, 2.24) is 0 Å². The number of phosphoric acid groups is 2. The van der Waals surface area contributed by atoms with Crippen LogP contribution in [0, 0.1) is 0 Å². The zero-order chi connectivity index (χ0) is 69.0. The fraction of sp³-hybridized carbons (Fsp3) is 0.813. The van der Waals surface area contributed by atoms with Crippen LogP contribution in [-0.4, -0.2) is 96.7 Å². The summed E-state index contributed by atoms with van der Waals surface area (Å²) in [5.74, 6) is -2.20. The minimum Gasteiger partial charge on any atom is -0.462 e. The van der Waals surface area contributed by atoms with Crippen molar-refractivity contribution in [3.63, 3.8) is 0 Å². The van der Waals surface area contributed by atoms with Crippen molar-refractivity contribution in [3.8, 4) is 0 Å². The van der Waals surface area contributed by atoms with Gasteiger partial charge in [0, 0.05) is 25.7 Å². The van der Waals surface area contributed by atoms with Crippen LogP contribution in [0.15, 0.2) is 60.8 Å². The van der Waals surface area contributed by atoms with Crippen LogP contribution in [0.1, 0.15) is 336 Å². The van der Waals surface area contributed by atoms with Gasteiger partial charge in [-0.3, -0.25) is 37.3 Å². The predicted molar refractivity (Wildman–Crippen MR) is 381 cm³/mol. The molecule has 0 rings (SSSR count). The van der Waals surface area contributed by atoms with Gasteiger partial charge < -0.3 is 33.8 Å². The Morgan fingerprint density at radius 3 is 0.819 bits per heavy atom. The second-order valence-electron chi connectivity index (χ2n) is 25.2. The molecule has 0 fully saturated rings. The smallest absolute Gasteiger partial charge is 0.462 e. The van der Waals surface area contributed by atoms with Gasteiger partial charge in [-0.15, -0.1) is 0 Å². The van der Waals surface area contributed by atoms with Gasteiger partial charge in [0.2, 0.25) is 0 Å². The average molecular weight is 1370 g/mol. The molecule has 94 heavy (non-hydrogen) atoms. The molecule has 0 saturated heterocycles. The molecule has 0 aliphatic heterocycles. The van der Waals surface area contributed by atoms with E-state index < -0.39 is 97.5 Å². The van der Waals surface area contributed by atoms with E-state index in [1.165, 1.54) is 96.3 Å². The molecule has 0 aromatic rings. The highest BCUT2D eigenvalue weighted by Crippen LogP contribution is 2.45. The van der Waals surface area contributed by atoms with Crippen LogP contribution in [-0.2, 0) is 65.4 Å². The molecule has 0 radical (unpaired) electrons. The average Bonchev–Trinajstić information content (AvgIpc) is 2.26. The molecule has 3 N–H and O–H groups in total. The van der Waals surface area contributed by atoms with Gasteiger partial charge in [0.15, 0.2) is 12.2 Å². The Morgan fingerprint density at radius 2 is 0.521 bits per heavy atom. The number of aliphatic hydroxyl groups is 1. The molecule has 0 aliphatic rings. The van der Waals surface area contributed by atoms with Crippen molar-refractivity contribution in [3.05, 3.63) is 60.8 Å². The molecule has 0 heterocycles. The Morgan fingerprint density at radius 1 is 0.298 bits per heavy atom. The minimum absolute atomic E-state index is 0.0805. The zero-order valence-corrected chi connectivity index (χ0v) is 61.4. The van der Waals surface area contributed by atoms with Crippen LogP contribution >= 0.6 is 15.6 Å². The summed E-state index contributed by atoms with van der Waals surface area (Å²) in [7, 11) is -9.94. The van der Waals surface area contributed by atoms with Crippen molar-refractivity contribution in [2.45, 2.75) is 354 Å². The fourth-order valence-electron chi connectivity index (χ4n) is 10.1. The molecule has 2 unspecified atom stereocenters. The predicted octanol–water partition coefficient (Wildman–Crippen LogP) is 21.1. The molecule has 19 heteroatoms. The maximum atomic E-state index is 13.0. The van der Waals surface area contributed by atoms with Gasteiger partial charge in [-0.2, -0.15) is 0 Å². The van der Waals surface area contributed by atoms with E-state index in [-0.39, 0.29) is 25.7 Å². The second kappa shape index (κ2) is 68.3. The summed E-state index contributed by atoms with van der Waals surface area (Å²) in [4.78, 5) is 72.7. The monoisotopic (exact) mass is 1370 g/mol. The van der Waals surface area contributed by atoms with E-state index in [2.05, 4.69) is 88.5 Å². The van der Waals surface area contributed by atoms with E-state index in [1.54, 1.807) is 0 Å². The SMILES string of the molecule is CCCCC/C=C\C/C=C\CCCCCCCC(=O)O[C@H](COC(=O)CCCCCCC/C=C\CCCCCC)COP(=O)(O)OC[C@H](O)COP(=O)(O)OC[C@@H](COC(=O)CCCCCCC/C=C\CCCCCC)OC(=O)CCCCCCC/C=C\CCCCCC. The lowest BCUT2D eigenvalue weighted by Crippen LogP contribution is -2.30.